The molecule has 0 radical (unpaired) electrons. The Kier molecular flexibility index (Phi) is 20.9. The van der Waals surface area contributed by atoms with Crippen LogP contribution in [0.2, 0.25) is 0 Å². The number of amides is 1. The lowest BCUT2D eigenvalue weighted by molar-refractivity contribution is -0.153. The summed E-state index contributed by atoms with van der Waals surface area (Å²) in [4.78, 5) is 71.0. The maximum atomic E-state index is 12.2. The molecule has 52 heavy (non-hydrogen) atoms. The van der Waals surface area contributed by atoms with Gasteiger partial charge in [0.25, 0.3) is 5.91 Å². The zero-order chi connectivity index (χ0) is 38.1. The van der Waals surface area contributed by atoms with Crippen molar-refractivity contribution in [3.8, 4) is 11.5 Å². The highest BCUT2D eigenvalue weighted by Gasteiger charge is 2.18. The molecule has 0 saturated carbocycles. The number of hydrogen-bond donors (Lipinski definition) is 1. The van der Waals surface area contributed by atoms with Gasteiger partial charge in [0.05, 0.1) is 13.2 Å². The highest BCUT2D eigenvalue weighted by Crippen LogP contribution is 2.17. The van der Waals surface area contributed by atoms with Crippen LogP contribution in [0.15, 0.2) is 48.5 Å². The Bertz CT molecular complexity index is 1300. The average molecular weight is 728 g/mol. The van der Waals surface area contributed by atoms with Crippen LogP contribution in [-0.2, 0) is 54.1 Å². The SMILES string of the molecule is CCC(=O)OC(C)C(=O)Cc1ccc(OCCCCCC(=O)OCCOC(=O)CCCCCOc2ccc(NC(=O)C(C)OC(=O)CC)cc2)cc1. The minimum absolute atomic E-state index is 0.0130. The van der Waals surface area contributed by atoms with E-state index in [1.807, 2.05) is 0 Å². The first kappa shape index (κ1) is 43.2. The molecule has 1 N–H and O–H groups in total. The van der Waals surface area contributed by atoms with Crippen LogP contribution in [0.25, 0.3) is 0 Å². The second-order valence-corrected chi connectivity index (χ2v) is 12.0. The zero-order valence-electron chi connectivity index (χ0n) is 30.8. The van der Waals surface area contributed by atoms with E-state index in [1.165, 1.54) is 6.92 Å². The fourth-order valence-electron chi connectivity index (χ4n) is 4.54. The van der Waals surface area contributed by atoms with Gasteiger partial charge in [0, 0.05) is 37.8 Å². The van der Waals surface area contributed by atoms with E-state index in [9.17, 15) is 28.8 Å². The number of unbranched alkanes of at least 4 members (excludes halogenated alkanes) is 4. The number of anilines is 1. The number of rotatable bonds is 26. The molecule has 13 heteroatoms. The van der Waals surface area contributed by atoms with Gasteiger partial charge < -0.3 is 33.7 Å². The molecule has 0 spiro atoms. The van der Waals surface area contributed by atoms with E-state index < -0.39 is 30.1 Å². The van der Waals surface area contributed by atoms with Crippen LogP contribution in [0.3, 0.4) is 0 Å². The number of Topliss-reactive ketones (excluding diaryl/α,β-unsaturated/α-hetero) is 1. The third-order valence-corrected chi connectivity index (χ3v) is 7.64. The summed E-state index contributed by atoms with van der Waals surface area (Å²) < 4.78 is 31.8. The lowest BCUT2D eigenvalue weighted by Gasteiger charge is -2.13. The third kappa shape index (κ3) is 18.9. The van der Waals surface area contributed by atoms with Gasteiger partial charge in [-0.1, -0.05) is 26.0 Å². The fraction of sp³-hybridized carbons (Fsp3) is 0.538. The van der Waals surface area contributed by atoms with Crippen LogP contribution in [0.5, 0.6) is 11.5 Å². The first-order valence-corrected chi connectivity index (χ1v) is 18.0. The smallest absolute Gasteiger partial charge is 0.306 e. The second kappa shape index (κ2) is 25.1. The van der Waals surface area contributed by atoms with E-state index >= 15 is 0 Å². The van der Waals surface area contributed by atoms with Gasteiger partial charge in [-0.2, -0.15) is 0 Å². The molecule has 0 heterocycles. The van der Waals surface area contributed by atoms with Gasteiger partial charge in [-0.15, -0.1) is 0 Å². The molecule has 2 aromatic carbocycles. The minimum atomic E-state index is -0.888. The summed E-state index contributed by atoms with van der Waals surface area (Å²) in [5.41, 5.74) is 1.36. The van der Waals surface area contributed by atoms with Gasteiger partial charge in [0.1, 0.15) is 24.7 Å². The summed E-state index contributed by atoms with van der Waals surface area (Å²) in [7, 11) is 0. The number of hydrogen-bond acceptors (Lipinski definition) is 12. The van der Waals surface area contributed by atoms with Crippen molar-refractivity contribution in [2.75, 3.05) is 31.7 Å². The Hall–Kier alpha value is -4.94. The van der Waals surface area contributed by atoms with Gasteiger partial charge in [-0.3, -0.25) is 28.8 Å². The van der Waals surface area contributed by atoms with Crippen LogP contribution in [0, 0.1) is 0 Å². The Labute approximate surface area is 306 Å². The molecular formula is C39H53NO12. The number of carbonyl (C=O) groups excluding carboxylic acids is 6. The Morgan fingerprint density at radius 2 is 1.02 bits per heavy atom. The van der Waals surface area contributed by atoms with Crippen LogP contribution in [-0.4, -0.2) is 74.2 Å². The molecule has 2 atom stereocenters. The minimum Gasteiger partial charge on any atom is -0.494 e. The molecule has 0 aromatic heterocycles. The number of ether oxygens (including phenoxy) is 6. The first-order valence-electron chi connectivity index (χ1n) is 18.0. The molecule has 0 aliphatic carbocycles. The Balaban J connectivity index is 1.43. The molecule has 0 fully saturated rings. The Morgan fingerprint density at radius 1 is 0.558 bits per heavy atom. The molecular weight excluding hydrogens is 674 g/mol. The molecule has 2 rings (SSSR count). The summed E-state index contributed by atoms with van der Waals surface area (Å²) in [6, 6.07) is 14.1. The predicted octanol–water partition coefficient (Wildman–Crippen LogP) is 6.09. The van der Waals surface area contributed by atoms with Gasteiger partial charge in [-0.05, 0) is 94.3 Å². The summed E-state index contributed by atoms with van der Waals surface area (Å²) in [6.45, 7) is 7.40. The van der Waals surface area contributed by atoms with Gasteiger partial charge in [-0.25, -0.2) is 0 Å². The van der Waals surface area contributed by atoms with Crippen LogP contribution in [0.1, 0.15) is 97.5 Å². The molecule has 2 unspecified atom stereocenters. The molecule has 0 aliphatic heterocycles. The molecule has 0 bridgehead atoms. The summed E-state index contributed by atoms with van der Waals surface area (Å²) in [6.07, 6.45) is 3.79. The highest BCUT2D eigenvalue weighted by atomic mass is 16.6. The van der Waals surface area contributed by atoms with Crippen molar-refractivity contribution in [1.82, 2.24) is 0 Å². The number of carbonyl (C=O) groups is 6. The summed E-state index contributed by atoms with van der Waals surface area (Å²) in [5.74, 6) is -0.795. The molecule has 2 aromatic rings. The number of nitrogens with one attached hydrogen (secondary N) is 1. The van der Waals surface area contributed by atoms with Gasteiger partial charge >= 0.3 is 23.9 Å². The second-order valence-electron chi connectivity index (χ2n) is 12.0. The molecule has 13 nitrogen and oxygen atoms in total. The molecule has 1 amide bonds. The normalized spacial score (nSPS) is 11.8. The van der Waals surface area contributed by atoms with Crippen molar-refractivity contribution >= 4 is 41.3 Å². The van der Waals surface area contributed by atoms with Crippen molar-refractivity contribution in [2.24, 2.45) is 0 Å². The number of benzene rings is 2. The lowest BCUT2D eigenvalue weighted by atomic mass is 10.1. The quantitative estimate of drug-likeness (QED) is 0.0674. The largest absolute Gasteiger partial charge is 0.494 e. The average Bonchev–Trinajstić information content (AvgIpc) is 3.13. The fourth-order valence-corrected chi connectivity index (χ4v) is 4.54. The van der Waals surface area contributed by atoms with Gasteiger partial charge in [0.2, 0.25) is 0 Å². The first-order chi connectivity index (χ1) is 25.0. The summed E-state index contributed by atoms with van der Waals surface area (Å²) >= 11 is 0. The Morgan fingerprint density at radius 3 is 1.50 bits per heavy atom. The highest BCUT2D eigenvalue weighted by molar-refractivity contribution is 5.95. The van der Waals surface area contributed by atoms with E-state index in [0.717, 1.165) is 31.2 Å². The predicted molar refractivity (Wildman–Crippen MR) is 192 cm³/mol. The standard InChI is InChI=1S/C39H53NO12/c1-5-35(42)51-28(3)34(41)27-30-15-19-32(20-16-30)47-23-11-7-9-13-37(44)49-25-26-50-38(45)14-10-8-12-24-48-33-21-17-31(18-22-33)40-39(46)29(4)52-36(43)6-2/h15-22,28-29H,5-14,23-27H2,1-4H3,(H,40,46). The van der Waals surface area contributed by atoms with Crippen molar-refractivity contribution in [3.63, 3.8) is 0 Å². The number of esters is 4. The molecule has 0 aliphatic rings. The van der Waals surface area contributed by atoms with Crippen LogP contribution in [0.4, 0.5) is 5.69 Å². The monoisotopic (exact) mass is 727 g/mol. The van der Waals surface area contributed by atoms with E-state index in [2.05, 4.69) is 5.32 Å². The van der Waals surface area contributed by atoms with Crippen LogP contribution >= 0.6 is 0 Å². The lowest BCUT2D eigenvalue weighted by Crippen LogP contribution is -2.29. The molecule has 0 saturated heterocycles. The van der Waals surface area contributed by atoms with Gasteiger partial charge in [0.15, 0.2) is 18.0 Å². The molecule has 286 valence electrons. The van der Waals surface area contributed by atoms with E-state index in [1.54, 1.807) is 69.3 Å². The van der Waals surface area contributed by atoms with Crippen molar-refractivity contribution in [1.29, 1.82) is 0 Å². The maximum absolute atomic E-state index is 12.2. The summed E-state index contributed by atoms with van der Waals surface area (Å²) in [5, 5.41) is 2.69. The van der Waals surface area contributed by atoms with E-state index in [4.69, 9.17) is 28.4 Å². The third-order valence-electron chi connectivity index (χ3n) is 7.64. The van der Waals surface area contributed by atoms with Crippen molar-refractivity contribution in [3.05, 3.63) is 54.1 Å². The zero-order valence-corrected chi connectivity index (χ0v) is 30.8. The van der Waals surface area contributed by atoms with Crippen molar-refractivity contribution < 1.29 is 57.2 Å². The van der Waals surface area contributed by atoms with E-state index in [-0.39, 0.29) is 63.0 Å². The van der Waals surface area contributed by atoms with Crippen LogP contribution < -0.4 is 14.8 Å². The topological polar surface area (TPSA) is 170 Å². The van der Waals surface area contributed by atoms with E-state index in [0.29, 0.717) is 43.2 Å². The maximum Gasteiger partial charge on any atom is 0.306 e. The number of ketones is 1. The van der Waals surface area contributed by atoms with Crippen molar-refractivity contribution in [2.45, 2.75) is 111 Å².